The SMILES string of the molecule is CC1=Nc2ccccc2/C1=C/c1sc(=S)n(-c2cccc(Br)c2)c1O. The first-order valence-electron chi connectivity index (χ1n) is 7.62. The van der Waals surface area contributed by atoms with Gasteiger partial charge >= 0.3 is 0 Å². The second-order valence-electron chi connectivity index (χ2n) is 5.64. The van der Waals surface area contributed by atoms with Crippen molar-refractivity contribution in [1.29, 1.82) is 0 Å². The molecule has 0 bridgehead atoms. The summed E-state index contributed by atoms with van der Waals surface area (Å²) in [5.74, 6) is 0.151. The van der Waals surface area contributed by atoms with Gasteiger partial charge < -0.3 is 5.11 Å². The third-order valence-corrected chi connectivity index (χ3v) is 5.83. The van der Waals surface area contributed by atoms with E-state index in [0.717, 1.165) is 37.6 Å². The van der Waals surface area contributed by atoms with E-state index in [4.69, 9.17) is 12.2 Å². The molecule has 1 N–H and O–H groups in total. The predicted octanol–water partition coefficient (Wildman–Crippen LogP) is 6.38. The molecular formula is C19H13BrN2OS2. The van der Waals surface area contributed by atoms with Crippen LogP contribution in [0.15, 0.2) is 58.0 Å². The number of allylic oxidation sites excluding steroid dienone is 1. The molecule has 1 aliphatic heterocycles. The van der Waals surface area contributed by atoms with Crippen molar-refractivity contribution in [3.05, 3.63) is 67.4 Å². The minimum absolute atomic E-state index is 0.151. The Labute approximate surface area is 162 Å². The maximum Gasteiger partial charge on any atom is 0.215 e. The number of benzene rings is 2. The molecule has 1 aliphatic rings. The molecule has 0 saturated carbocycles. The van der Waals surface area contributed by atoms with Crippen molar-refractivity contribution in [2.75, 3.05) is 0 Å². The van der Waals surface area contributed by atoms with Crippen molar-refractivity contribution in [3.8, 4) is 11.6 Å². The summed E-state index contributed by atoms with van der Waals surface area (Å²) in [4.78, 5) is 5.32. The number of hydrogen-bond donors (Lipinski definition) is 1. The van der Waals surface area contributed by atoms with Crippen LogP contribution in [0.25, 0.3) is 17.3 Å². The van der Waals surface area contributed by atoms with Crippen LogP contribution in [0, 0.1) is 3.95 Å². The molecule has 2 aromatic carbocycles. The van der Waals surface area contributed by atoms with E-state index in [1.807, 2.05) is 61.5 Å². The van der Waals surface area contributed by atoms with Gasteiger partial charge in [-0.2, -0.15) is 0 Å². The summed E-state index contributed by atoms with van der Waals surface area (Å²) in [5.41, 5.74) is 4.82. The topological polar surface area (TPSA) is 37.5 Å². The van der Waals surface area contributed by atoms with Gasteiger partial charge in [0, 0.05) is 21.3 Å². The standard InChI is InChI=1S/C19H13BrN2OS2/c1-11-15(14-7-2-3-8-16(14)21-11)10-17-18(23)22(19(24)25-17)13-6-4-5-12(20)9-13/h2-10,23H,1H3/b15-10+. The molecule has 1 aromatic heterocycles. The quantitative estimate of drug-likeness (QED) is 0.480. The molecule has 0 spiro atoms. The van der Waals surface area contributed by atoms with Gasteiger partial charge in [-0.05, 0) is 49.5 Å². The second kappa shape index (κ2) is 6.37. The Hall–Kier alpha value is -2.02. The molecule has 0 saturated heterocycles. The number of rotatable bonds is 2. The van der Waals surface area contributed by atoms with Crippen molar-refractivity contribution in [2.24, 2.45) is 4.99 Å². The molecule has 4 rings (SSSR count). The number of aromatic hydroxyl groups is 1. The third kappa shape index (κ3) is 2.90. The summed E-state index contributed by atoms with van der Waals surface area (Å²) < 4.78 is 3.22. The fraction of sp³-hybridized carbons (Fsp3) is 0.0526. The molecule has 0 amide bonds. The molecule has 0 unspecified atom stereocenters. The van der Waals surface area contributed by atoms with Crippen LogP contribution in [-0.4, -0.2) is 15.4 Å². The largest absolute Gasteiger partial charge is 0.493 e. The Bertz CT molecular complexity index is 1110. The highest BCUT2D eigenvalue weighted by Gasteiger charge is 2.19. The van der Waals surface area contributed by atoms with Crippen LogP contribution in [0.3, 0.4) is 0 Å². The maximum atomic E-state index is 10.8. The van der Waals surface area contributed by atoms with Crippen LogP contribution in [-0.2, 0) is 0 Å². The van der Waals surface area contributed by atoms with Crippen LogP contribution in [0.1, 0.15) is 17.4 Å². The zero-order valence-corrected chi connectivity index (χ0v) is 16.5. The molecule has 0 aliphatic carbocycles. The Morgan fingerprint density at radius 3 is 2.80 bits per heavy atom. The Morgan fingerprint density at radius 1 is 1.20 bits per heavy atom. The van der Waals surface area contributed by atoms with Gasteiger partial charge in [0.05, 0.1) is 16.3 Å². The van der Waals surface area contributed by atoms with Crippen LogP contribution in [0.5, 0.6) is 5.88 Å². The number of aromatic nitrogens is 1. The number of aliphatic imine (C=N–C) groups is 1. The first-order valence-corrected chi connectivity index (χ1v) is 9.64. The van der Waals surface area contributed by atoms with E-state index in [0.29, 0.717) is 3.95 Å². The van der Waals surface area contributed by atoms with E-state index in [9.17, 15) is 5.11 Å². The van der Waals surface area contributed by atoms with E-state index in [-0.39, 0.29) is 5.88 Å². The molecular weight excluding hydrogens is 416 g/mol. The van der Waals surface area contributed by atoms with Gasteiger partial charge in [0.25, 0.3) is 0 Å². The van der Waals surface area contributed by atoms with E-state index < -0.39 is 0 Å². The lowest BCUT2D eigenvalue weighted by Crippen LogP contribution is -1.93. The maximum absolute atomic E-state index is 10.8. The molecule has 2 heterocycles. The molecule has 0 fully saturated rings. The molecule has 3 nitrogen and oxygen atoms in total. The molecule has 0 atom stereocenters. The highest BCUT2D eigenvalue weighted by Crippen LogP contribution is 2.39. The predicted molar refractivity (Wildman–Crippen MR) is 111 cm³/mol. The minimum atomic E-state index is 0.151. The number of fused-ring (bicyclic) bond motifs is 1. The van der Waals surface area contributed by atoms with E-state index in [1.165, 1.54) is 11.3 Å². The van der Waals surface area contributed by atoms with Crippen LogP contribution in [0.4, 0.5) is 5.69 Å². The average molecular weight is 429 g/mol. The van der Waals surface area contributed by atoms with Gasteiger partial charge in [0.2, 0.25) is 5.88 Å². The first-order chi connectivity index (χ1) is 12.0. The van der Waals surface area contributed by atoms with Crippen LogP contribution < -0.4 is 0 Å². The van der Waals surface area contributed by atoms with Crippen molar-refractivity contribution in [2.45, 2.75) is 6.92 Å². The van der Waals surface area contributed by atoms with Crippen molar-refractivity contribution >= 4 is 62.5 Å². The van der Waals surface area contributed by atoms with E-state index in [2.05, 4.69) is 20.9 Å². The summed E-state index contributed by atoms with van der Waals surface area (Å²) in [6, 6.07) is 15.7. The van der Waals surface area contributed by atoms with E-state index in [1.54, 1.807) is 4.57 Å². The third-order valence-electron chi connectivity index (χ3n) is 4.03. The normalized spacial score (nSPS) is 14.6. The Morgan fingerprint density at radius 2 is 2.00 bits per heavy atom. The summed E-state index contributed by atoms with van der Waals surface area (Å²) in [6.45, 7) is 1.98. The summed E-state index contributed by atoms with van der Waals surface area (Å²) in [6.07, 6.45) is 1.97. The van der Waals surface area contributed by atoms with Gasteiger partial charge in [0.15, 0.2) is 3.95 Å². The van der Waals surface area contributed by atoms with Crippen molar-refractivity contribution in [1.82, 2.24) is 4.57 Å². The monoisotopic (exact) mass is 428 g/mol. The summed E-state index contributed by atoms with van der Waals surface area (Å²) >= 11 is 10.3. The molecule has 0 radical (unpaired) electrons. The van der Waals surface area contributed by atoms with Crippen molar-refractivity contribution < 1.29 is 5.11 Å². The zero-order chi connectivity index (χ0) is 17.6. The van der Waals surface area contributed by atoms with Gasteiger partial charge in [0.1, 0.15) is 0 Å². The minimum Gasteiger partial charge on any atom is -0.493 e. The number of para-hydroxylation sites is 1. The zero-order valence-electron chi connectivity index (χ0n) is 13.2. The number of hydrogen-bond acceptors (Lipinski definition) is 4. The van der Waals surface area contributed by atoms with Gasteiger partial charge in [-0.15, -0.1) is 11.3 Å². The Kier molecular flexibility index (Phi) is 4.19. The average Bonchev–Trinajstić information content (AvgIpc) is 3.04. The highest BCUT2D eigenvalue weighted by molar-refractivity contribution is 9.10. The highest BCUT2D eigenvalue weighted by atomic mass is 79.9. The van der Waals surface area contributed by atoms with Gasteiger partial charge in [-0.1, -0.05) is 40.2 Å². The summed E-state index contributed by atoms with van der Waals surface area (Å²) in [7, 11) is 0. The summed E-state index contributed by atoms with van der Waals surface area (Å²) in [5, 5.41) is 10.8. The van der Waals surface area contributed by atoms with Gasteiger partial charge in [-0.25, -0.2) is 0 Å². The smallest absolute Gasteiger partial charge is 0.215 e. The molecule has 25 heavy (non-hydrogen) atoms. The molecule has 3 aromatic rings. The number of thiazole rings is 1. The lowest BCUT2D eigenvalue weighted by molar-refractivity contribution is 0.441. The first kappa shape index (κ1) is 16.4. The molecule has 124 valence electrons. The lowest BCUT2D eigenvalue weighted by atomic mass is 10.0. The number of halogens is 1. The van der Waals surface area contributed by atoms with Crippen molar-refractivity contribution in [3.63, 3.8) is 0 Å². The second-order valence-corrected chi connectivity index (χ2v) is 8.23. The fourth-order valence-electron chi connectivity index (χ4n) is 2.87. The van der Waals surface area contributed by atoms with Gasteiger partial charge in [-0.3, -0.25) is 9.56 Å². The fourth-order valence-corrected chi connectivity index (χ4v) is 4.55. The van der Waals surface area contributed by atoms with Crippen LogP contribution in [0.2, 0.25) is 0 Å². The number of nitrogens with zero attached hydrogens (tertiary/aromatic N) is 2. The molecule has 6 heteroatoms. The Balaban J connectivity index is 1.85. The van der Waals surface area contributed by atoms with E-state index >= 15 is 0 Å². The lowest BCUT2D eigenvalue weighted by Gasteiger charge is -2.05. The van der Waals surface area contributed by atoms with Crippen LogP contribution >= 0.6 is 39.5 Å².